The van der Waals surface area contributed by atoms with Gasteiger partial charge in [0.2, 0.25) is 0 Å². The normalized spacial score (nSPS) is 10.2. The standard InChI is InChI=1S/C12H13N3O2/c1-7-3-4-10(11(16)5-7)14-12(17)9-6-13-15-8(9)2/h3-6,16H,1-2H3,(H,13,15)(H,14,17). The van der Waals surface area contributed by atoms with Crippen LogP contribution >= 0.6 is 0 Å². The quantitative estimate of drug-likeness (QED) is 0.691. The van der Waals surface area contributed by atoms with Crippen LogP contribution in [0, 0.1) is 13.8 Å². The number of amides is 1. The van der Waals surface area contributed by atoms with Crippen molar-refractivity contribution in [2.75, 3.05) is 5.32 Å². The van der Waals surface area contributed by atoms with Crippen LogP contribution in [0.4, 0.5) is 5.69 Å². The summed E-state index contributed by atoms with van der Waals surface area (Å²) in [7, 11) is 0. The number of carbonyl (C=O) groups is 1. The van der Waals surface area contributed by atoms with Crippen LogP contribution in [0.5, 0.6) is 5.75 Å². The van der Waals surface area contributed by atoms with Crippen molar-refractivity contribution in [1.82, 2.24) is 10.2 Å². The Labute approximate surface area is 98.5 Å². The molecule has 1 heterocycles. The van der Waals surface area contributed by atoms with Gasteiger partial charge in [0.05, 0.1) is 17.4 Å². The van der Waals surface area contributed by atoms with Crippen LogP contribution in [0.3, 0.4) is 0 Å². The molecule has 0 atom stereocenters. The molecule has 0 aliphatic carbocycles. The van der Waals surface area contributed by atoms with Gasteiger partial charge in [-0.25, -0.2) is 0 Å². The number of phenolic OH excluding ortho intramolecular Hbond substituents is 1. The summed E-state index contributed by atoms with van der Waals surface area (Å²) in [4.78, 5) is 11.9. The second-order valence-corrected chi connectivity index (χ2v) is 3.88. The van der Waals surface area contributed by atoms with Gasteiger partial charge in [-0.05, 0) is 31.5 Å². The van der Waals surface area contributed by atoms with Crippen LogP contribution in [-0.2, 0) is 0 Å². The fraction of sp³-hybridized carbons (Fsp3) is 0.167. The summed E-state index contributed by atoms with van der Waals surface area (Å²) in [6.07, 6.45) is 1.45. The number of anilines is 1. The van der Waals surface area contributed by atoms with Gasteiger partial charge < -0.3 is 10.4 Å². The molecular formula is C12H13N3O2. The molecule has 5 nitrogen and oxygen atoms in total. The monoisotopic (exact) mass is 231 g/mol. The van der Waals surface area contributed by atoms with E-state index in [0.29, 0.717) is 16.9 Å². The molecule has 0 unspecified atom stereocenters. The third-order valence-corrected chi connectivity index (χ3v) is 2.48. The zero-order valence-electron chi connectivity index (χ0n) is 9.61. The van der Waals surface area contributed by atoms with Gasteiger partial charge in [-0.15, -0.1) is 0 Å². The molecule has 0 aliphatic heterocycles. The van der Waals surface area contributed by atoms with Gasteiger partial charge in [0, 0.05) is 5.69 Å². The lowest BCUT2D eigenvalue weighted by molar-refractivity contribution is 0.102. The first kappa shape index (κ1) is 11.2. The molecular weight excluding hydrogens is 218 g/mol. The number of phenols is 1. The topological polar surface area (TPSA) is 78.0 Å². The van der Waals surface area contributed by atoms with E-state index in [0.717, 1.165) is 5.56 Å². The molecule has 0 saturated carbocycles. The number of aromatic amines is 1. The molecule has 1 amide bonds. The summed E-state index contributed by atoms with van der Waals surface area (Å²) < 4.78 is 0. The van der Waals surface area contributed by atoms with Crippen molar-refractivity contribution in [2.24, 2.45) is 0 Å². The predicted molar refractivity (Wildman–Crippen MR) is 64.1 cm³/mol. The fourth-order valence-corrected chi connectivity index (χ4v) is 1.52. The maximum Gasteiger partial charge on any atom is 0.259 e. The van der Waals surface area contributed by atoms with E-state index >= 15 is 0 Å². The van der Waals surface area contributed by atoms with Gasteiger partial charge in [0.25, 0.3) is 5.91 Å². The second kappa shape index (κ2) is 4.29. The summed E-state index contributed by atoms with van der Waals surface area (Å²) in [5.74, 6) is -0.241. The van der Waals surface area contributed by atoms with Crippen molar-refractivity contribution in [3.05, 3.63) is 41.2 Å². The molecule has 17 heavy (non-hydrogen) atoms. The molecule has 2 rings (SSSR count). The largest absolute Gasteiger partial charge is 0.506 e. The summed E-state index contributed by atoms with van der Waals surface area (Å²) in [6.45, 7) is 3.63. The molecule has 5 heteroatoms. The number of nitrogens with zero attached hydrogens (tertiary/aromatic N) is 1. The Morgan fingerprint density at radius 2 is 2.18 bits per heavy atom. The second-order valence-electron chi connectivity index (χ2n) is 3.88. The van der Waals surface area contributed by atoms with Gasteiger partial charge in [-0.2, -0.15) is 5.10 Å². The van der Waals surface area contributed by atoms with E-state index in [4.69, 9.17) is 0 Å². The first-order chi connectivity index (χ1) is 8.08. The van der Waals surface area contributed by atoms with Crippen LogP contribution in [0.2, 0.25) is 0 Å². The highest BCUT2D eigenvalue weighted by Gasteiger charge is 2.12. The van der Waals surface area contributed by atoms with Crippen molar-refractivity contribution in [1.29, 1.82) is 0 Å². The Kier molecular flexibility index (Phi) is 2.82. The average molecular weight is 231 g/mol. The number of nitrogens with one attached hydrogen (secondary N) is 2. The molecule has 1 aromatic carbocycles. The van der Waals surface area contributed by atoms with Gasteiger partial charge >= 0.3 is 0 Å². The number of H-pyrrole nitrogens is 1. The molecule has 0 aliphatic rings. The Morgan fingerprint density at radius 1 is 1.41 bits per heavy atom. The van der Waals surface area contributed by atoms with E-state index in [1.54, 1.807) is 19.1 Å². The number of rotatable bonds is 2. The van der Waals surface area contributed by atoms with E-state index in [1.165, 1.54) is 6.20 Å². The molecule has 0 bridgehead atoms. The highest BCUT2D eigenvalue weighted by atomic mass is 16.3. The number of aryl methyl sites for hydroxylation is 2. The smallest absolute Gasteiger partial charge is 0.259 e. The van der Waals surface area contributed by atoms with Crippen molar-refractivity contribution in [3.8, 4) is 5.75 Å². The maximum absolute atomic E-state index is 11.9. The lowest BCUT2D eigenvalue weighted by Crippen LogP contribution is -2.12. The van der Waals surface area contributed by atoms with Crippen LogP contribution in [-0.4, -0.2) is 21.2 Å². The molecule has 0 fully saturated rings. The Morgan fingerprint density at radius 3 is 2.76 bits per heavy atom. The highest BCUT2D eigenvalue weighted by Crippen LogP contribution is 2.24. The van der Waals surface area contributed by atoms with Crippen molar-refractivity contribution >= 4 is 11.6 Å². The summed E-state index contributed by atoms with van der Waals surface area (Å²) in [5, 5.41) is 18.8. The van der Waals surface area contributed by atoms with Gasteiger partial charge in [-0.3, -0.25) is 9.89 Å². The predicted octanol–water partition coefficient (Wildman–Crippen LogP) is 1.98. The Bertz CT molecular complexity index is 561. The maximum atomic E-state index is 11.9. The summed E-state index contributed by atoms with van der Waals surface area (Å²) >= 11 is 0. The third-order valence-electron chi connectivity index (χ3n) is 2.48. The Hall–Kier alpha value is -2.30. The number of hydrogen-bond donors (Lipinski definition) is 3. The van der Waals surface area contributed by atoms with Gasteiger partial charge in [-0.1, -0.05) is 6.07 Å². The van der Waals surface area contributed by atoms with Crippen LogP contribution in [0.1, 0.15) is 21.6 Å². The minimum atomic E-state index is -0.296. The molecule has 0 spiro atoms. The SMILES string of the molecule is Cc1ccc(NC(=O)c2cn[nH]c2C)c(O)c1. The molecule has 88 valence electrons. The van der Waals surface area contributed by atoms with Crippen molar-refractivity contribution < 1.29 is 9.90 Å². The van der Waals surface area contributed by atoms with E-state index < -0.39 is 0 Å². The number of carbonyl (C=O) groups excluding carboxylic acids is 1. The van der Waals surface area contributed by atoms with Crippen LogP contribution in [0.15, 0.2) is 24.4 Å². The third kappa shape index (κ3) is 2.28. The van der Waals surface area contributed by atoms with E-state index in [2.05, 4.69) is 15.5 Å². The first-order valence-corrected chi connectivity index (χ1v) is 5.19. The zero-order valence-corrected chi connectivity index (χ0v) is 9.61. The van der Waals surface area contributed by atoms with Crippen molar-refractivity contribution in [2.45, 2.75) is 13.8 Å². The van der Waals surface area contributed by atoms with Crippen LogP contribution < -0.4 is 5.32 Å². The number of aromatic hydroxyl groups is 1. The zero-order chi connectivity index (χ0) is 12.4. The highest BCUT2D eigenvalue weighted by molar-refractivity contribution is 6.05. The lowest BCUT2D eigenvalue weighted by Gasteiger charge is -2.07. The molecule has 0 radical (unpaired) electrons. The van der Waals surface area contributed by atoms with E-state index in [-0.39, 0.29) is 11.7 Å². The summed E-state index contributed by atoms with van der Waals surface area (Å²) in [5.41, 5.74) is 2.47. The van der Waals surface area contributed by atoms with Crippen LogP contribution in [0.25, 0.3) is 0 Å². The fourth-order valence-electron chi connectivity index (χ4n) is 1.52. The molecule has 3 N–H and O–H groups in total. The van der Waals surface area contributed by atoms with Gasteiger partial charge in [0.1, 0.15) is 5.75 Å². The molecule has 2 aromatic rings. The van der Waals surface area contributed by atoms with Crippen molar-refractivity contribution in [3.63, 3.8) is 0 Å². The lowest BCUT2D eigenvalue weighted by atomic mass is 10.2. The van der Waals surface area contributed by atoms with Gasteiger partial charge in [0.15, 0.2) is 0 Å². The van der Waals surface area contributed by atoms with E-state index in [9.17, 15) is 9.90 Å². The number of hydrogen-bond acceptors (Lipinski definition) is 3. The summed E-state index contributed by atoms with van der Waals surface area (Å²) in [6, 6.07) is 5.08. The Balaban J connectivity index is 2.22. The molecule has 0 saturated heterocycles. The first-order valence-electron chi connectivity index (χ1n) is 5.19. The minimum Gasteiger partial charge on any atom is -0.506 e. The number of benzene rings is 1. The average Bonchev–Trinajstić information content (AvgIpc) is 2.68. The molecule has 1 aromatic heterocycles. The minimum absolute atomic E-state index is 0.0551. The van der Waals surface area contributed by atoms with E-state index in [1.807, 2.05) is 13.0 Å². The number of aromatic nitrogens is 2.